The highest BCUT2D eigenvalue weighted by molar-refractivity contribution is 5.86. The van der Waals surface area contributed by atoms with Gasteiger partial charge in [0.05, 0.1) is 5.41 Å². The van der Waals surface area contributed by atoms with Crippen LogP contribution in [0.25, 0.3) is 0 Å². The molecule has 92 valence electrons. The number of amides is 1. The van der Waals surface area contributed by atoms with Gasteiger partial charge in [-0.15, -0.1) is 0 Å². The Labute approximate surface area is 95.8 Å². The number of hydrogen-bond donors (Lipinski definition) is 2. The Bertz CT molecular complexity index is 272. The third-order valence-electron chi connectivity index (χ3n) is 3.37. The molecule has 1 amide bonds. The minimum Gasteiger partial charge on any atom is -0.480 e. The number of hydrogen-bond acceptors (Lipinski definition) is 3. The topological polar surface area (TPSA) is 69.6 Å². The Kier molecular flexibility index (Phi) is 4.29. The van der Waals surface area contributed by atoms with Gasteiger partial charge >= 0.3 is 5.97 Å². The second-order valence-electron chi connectivity index (χ2n) is 4.27. The van der Waals surface area contributed by atoms with Crippen molar-refractivity contribution in [2.24, 2.45) is 5.41 Å². The summed E-state index contributed by atoms with van der Waals surface area (Å²) in [7, 11) is 0. The van der Waals surface area contributed by atoms with Gasteiger partial charge in [0.1, 0.15) is 6.54 Å². The Balaban J connectivity index is 2.76. The van der Waals surface area contributed by atoms with Gasteiger partial charge in [-0.05, 0) is 26.3 Å². The van der Waals surface area contributed by atoms with E-state index in [1.165, 1.54) is 4.90 Å². The summed E-state index contributed by atoms with van der Waals surface area (Å²) in [5.41, 5.74) is -0.383. The van der Waals surface area contributed by atoms with Crippen LogP contribution in [0.15, 0.2) is 0 Å². The van der Waals surface area contributed by atoms with E-state index in [1.54, 1.807) is 0 Å². The van der Waals surface area contributed by atoms with Gasteiger partial charge in [-0.25, -0.2) is 0 Å². The van der Waals surface area contributed by atoms with E-state index in [0.717, 1.165) is 19.4 Å². The van der Waals surface area contributed by atoms with Crippen LogP contribution >= 0.6 is 0 Å². The molecule has 0 radical (unpaired) electrons. The number of carboxylic acids is 1. The number of likely N-dealkylation sites (N-methyl/N-ethyl adjacent to an activating group) is 1. The fraction of sp³-hybridized carbons (Fsp3) is 0.818. The molecular weight excluding hydrogens is 208 g/mol. The van der Waals surface area contributed by atoms with Gasteiger partial charge in [0, 0.05) is 13.1 Å². The zero-order valence-electron chi connectivity index (χ0n) is 9.95. The lowest BCUT2D eigenvalue weighted by atomic mass is 9.82. The first-order valence-electron chi connectivity index (χ1n) is 5.77. The van der Waals surface area contributed by atoms with E-state index in [2.05, 4.69) is 5.32 Å². The highest BCUT2D eigenvalue weighted by Crippen LogP contribution is 2.31. The second-order valence-corrected chi connectivity index (χ2v) is 4.27. The molecule has 1 rings (SSSR count). The van der Waals surface area contributed by atoms with E-state index in [0.29, 0.717) is 13.1 Å². The first kappa shape index (κ1) is 13.0. The molecule has 0 spiro atoms. The van der Waals surface area contributed by atoms with Crippen molar-refractivity contribution in [1.82, 2.24) is 10.2 Å². The summed E-state index contributed by atoms with van der Waals surface area (Å²) < 4.78 is 0. The van der Waals surface area contributed by atoms with Crippen LogP contribution in [0.1, 0.15) is 26.7 Å². The Morgan fingerprint density at radius 3 is 2.50 bits per heavy atom. The van der Waals surface area contributed by atoms with Crippen LogP contribution in [0.4, 0.5) is 0 Å². The van der Waals surface area contributed by atoms with E-state index in [-0.39, 0.29) is 17.9 Å². The minimum absolute atomic E-state index is 0.0232. The van der Waals surface area contributed by atoms with Crippen molar-refractivity contribution in [3.63, 3.8) is 0 Å². The van der Waals surface area contributed by atoms with Crippen LogP contribution in [0.3, 0.4) is 0 Å². The maximum Gasteiger partial charge on any atom is 0.323 e. The maximum atomic E-state index is 12.3. The molecule has 5 heteroatoms. The lowest BCUT2D eigenvalue weighted by Gasteiger charge is -2.31. The number of aliphatic carboxylic acids is 1. The zero-order chi connectivity index (χ0) is 12.2. The van der Waals surface area contributed by atoms with Crippen LogP contribution in [0.2, 0.25) is 0 Å². The molecule has 1 aliphatic heterocycles. The zero-order valence-corrected chi connectivity index (χ0v) is 9.95. The SMILES string of the molecule is CCN(CC(=O)O)C(=O)C1(CC)CCNC1. The van der Waals surface area contributed by atoms with Crippen LogP contribution in [0.5, 0.6) is 0 Å². The first-order valence-corrected chi connectivity index (χ1v) is 5.77. The maximum absolute atomic E-state index is 12.3. The van der Waals surface area contributed by atoms with Crippen LogP contribution in [-0.2, 0) is 9.59 Å². The average molecular weight is 228 g/mol. The van der Waals surface area contributed by atoms with Gasteiger partial charge in [-0.3, -0.25) is 9.59 Å². The largest absolute Gasteiger partial charge is 0.480 e. The molecule has 5 nitrogen and oxygen atoms in total. The molecule has 1 unspecified atom stereocenters. The summed E-state index contributed by atoms with van der Waals surface area (Å²) in [5.74, 6) is -0.975. The molecule has 1 aliphatic rings. The highest BCUT2D eigenvalue weighted by Gasteiger charge is 2.41. The van der Waals surface area contributed by atoms with Gasteiger partial charge in [0.15, 0.2) is 0 Å². The molecule has 0 aliphatic carbocycles. The molecule has 0 aromatic rings. The summed E-state index contributed by atoms with van der Waals surface area (Å²) in [6, 6.07) is 0. The fourth-order valence-electron chi connectivity index (χ4n) is 2.21. The van der Waals surface area contributed by atoms with Crippen LogP contribution in [0, 0.1) is 5.41 Å². The quantitative estimate of drug-likeness (QED) is 0.710. The predicted octanol–water partition coefficient (Wildman–Crippen LogP) is 0.309. The van der Waals surface area contributed by atoms with E-state index in [9.17, 15) is 9.59 Å². The normalized spacial score (nSPS) is 24.4. The Morgan fingerprint density at radius 1 is 1.44 bits per heavy atom. The minimum atomic E-state index is -0.951. The average Bonchev–Trinajstić information content (AvgIpc) is 2.74. The number of carbonyl (C=O) groups excluding carboxylic acids is 1. The number of carboxylic acid groups (broad SMARTS) is 1. The molecule has 1 fully saturated rings. The van der Waals surface area contributed by atoms with E-state index < -0.39 is 5.97 Å². The van der Waals surface area contributed by atoms with Crippen molar-refractivity contribution >= 4 is 11.9 Å². The van der Waals surface area contributed by atoms with Gasteiger partial charge in [0.2, 0.25) is 5.91 Å². The molecule has 1 atom stereocenters. The van der Waals surface area contributed by atoms with E-state index >= 15 is 0 Å². The summed E-state index contributed by atoms with van der Waals surface area (Å²) in [6.45, 7) is 5.55. The molecule has 16 heavy (non-hydrogen) atoms. The molecule has 2 N–H and O–H groups in total. The molecule has 0 aromatic heterocycles. The summed E-state index contributed by atoms with van der Waals surface area (Å²) in [4.78, 5) is 24.4. The van der Waals surface area contributed by atoms with Crippen molar-refractivity contribution in [3.8, 4) is 0 Å². The molecule has 0 bridgehead atoms. The van der Waals surface area contributed by atoms with Crippen molar-refractivity contribution in [1.29, 1.82) is 0 Å². The summed E-state index contributed by atoms with van der Waals surface area (Å²) in [6.07, 6.45) is 1.56. The van der Waals surface area contributed by atoms with Gasteiger partial charge in [-0.2, -0.15) is 0 Å². The molecule has 0 aromatic carbocycles. The van der Waals surface area contributed by atoms with Crippen molar-refractivity contribution in [2.75, 3.05) is 26.2 Å². The summed E-state index contributed by atoms with van der Waals surface area (Å²) in [5, 5.41) is 11.9. The van der Waals surface area contributed by atoms with Gasteiger partial charge in [0.25, 0.3) is 0 Å². The van der Waals surface area contributed by atoms with Gasteiger partial charge < -0.3 is 15.3 Å². The number of rotatable bonds is 5. The third kappa shape index (κ3) is 2.52. The third-order valence-corrected chi connectivity index (χ3v) is 3.37. The predicted molar refractivity (Wildman–Crippen MR) is 60.1 cm³/mol. The molecule has 1 saturated heterocycles. The first-order chi connectivity index (χ1) is 7.55. The van der Waals surface area contributed by atoms with E-state index in [1.807, 2.05) is 13.8 Å². The molecule has 1 heterocycles. The van der Waals surface area contributed by atoms with E-state index in [4.69, 9.17) is 5.11 Å². The van der Waals surface area contributed by atoms with Crippen LogP contribution in [-0.4, -0.2) is 48.1 Å². The smallest absolute Gasteiger partial charge is 0.323 e. The van der Waals surface area contributed by atoms with Gasteiger partial charge in [-0.1, -0.05) is 6.92 Å². The molecule has 0 saturated carbocycles. The van der Waals surface area contributed by atoms with Crippen molar-refractivity contribution < 1.29 is 14.7 Å². The Hall–Kier alpha value is -1.10. The monoisotopic (exact) mass is 228 g/mol. The second kappa shape index (κ2) is 5.30. The van der Waals surface area contributed by atoms with Crippen LogP contribution < -0.4 is 5.32 Å². The number of nitrogens with zero attached hydrogens (tertiary/aromatic N) is 1. The van der Waals surface area contributed by atoms with Crippen molar-refractivity contribution in [2.45, 2.75) is 26.7 Å². The fourth-order valence-corrected chi connectivity index (χ4v) is 2.21. The van der Waals surface area contributed by atoms with Crippen molar-refractivity contribution in [3.05, 3.63) is 0 Å². The molecular formula is C11H20N2O3. The summed E-state index contributed by atoms with van der Waals surface area (Å²) >= 11 is 0. The number of carbonyl (C=O) groups is 2. The standard InChI is InChI=1S/C11H20N2O3/c1-3-11(5-6-12-8-11)10(16)13(4-2)7-9(14)15/h12H,3-8H2,1-2H3,(H,14,15). The Morgan fingerprint density at radius 2 is 2.12 bits per heavy atom. The highest BCUT2D eigenvalue weighted by atomic mass is 16.4. The lowest BCUT2D eigenvalue weighted by molar-refractivity contribution is -0.149. The number of nitrogens with one attached hydrogen (secondary N) is 1. The lowest BCUT2D eigenvalue weighted by Crippen LogP contribution is -2.46.